The molecule has 0 aliphatic carbocycles. The molecule has 2 fully saturated rings. The van der Waals surface area contributed by atoms with E-state index in [2.05, 4.69) is 51.9 Å². The molecule has 6 heteroatoms. The first-order valence-electron chi connectivity index (χ1n) is 11.5. The molecule has 166 valence electrons. The monoisotopic (exact) mass is 423 g/mol. The second-order valence-corrected chi connectivity index (χ2v) is 8.80. The SMILES string of the molecule is O=C(CC[C@]1(Cc2cccc3ccccc23)CCC(=O)N1)NCCCN1CCOCC1. The van der Waals surface area contributed by atoms with Gasteiger partial charge in [0.25, 0.3) is 0 Å². The van der Waals surface area contributed by atoms with Crippen molar-refractivity contribution in [2.45, 2.75) is 44.1 Å². The van der Waals surface area contributed by atoms with Gasteiger partial charge in [0.2, 0.25) is 11.8 Å². The second kappa shape index (κ2) is 10.2. The number of hydrogen-bond donors (Lipinski definition) is 2. The third kappa shape index (κ3) is 5.83. The molecule has 6 nitrogen and oxygen atoms in total. The van der Waals surface area contributed by atoms with Crippen molar-refractivity contribution < 1.29 is 14.3 Å². The standard InChI is InChI=1S/C25H33N3O3/c29-23(26-13-4-14-28-15-17-31-18-16-28)9-11-25(12-10-24(30)27-25)19-21-7-3-6-20-5-1-2-8-22(20)21/h1-3,5-8H,4,9-19H2,(H,26,29)(H,27,30)/t25-/m1/s1. The first-order chi connectivity index (χ1) is 15.1. The Bertz CT molecular complexity index is 905. The number of carbonyl (C=O) groups is 2. The lowest BCUT2D eigenvalue weighted by atomic mass is 9.83. The van der Waals surface area contributed by atoms with E-state index >= 15 is 0 Å². The number of amides is 2. The van der Waals surface area contributed by atoms with Gasteiger partial charge in [-0.25, -0.2) is 0 Å². The van der Waals surface area contributed by atoms with Crippen LogP contribution in [0.5, 0.6) is 0 Å². The van der Waals surface area contributed by atoms with Gasteiger partial charge in [-0.1, -0.05) is 42.5 Å². The molecule has 2 amide bonds. The Hall–Kier alpha value is -2.44. The van der Waals surface area contributed by atoms with Gasteiger partial charge in [-0.2, -0.15) is 0 Å². The molecule has 2 heterocycles. The summed E-state index contributed by atoms with van der Waals surface area (Å²) in [5.41, 5.74) is 0.887. The fourth-order valence-electron chi connectivity index (χ4n) is 4.79. The minimum absolute atomic E-state index is 0.0698. The van der Waals surface area contributed by atoms with E-state index in [4.69, 9.17) is 4.74 Å². The molecule has 1 atom stereocenters. The fraction of sp³-hybridized carbons (Fsp3) is 0.520. The van der Waals surface area contributed by atoms with Gasteiger partial charge in [-0.3, -0.25) is 14.5 Å². The summed E-state index contributed by atoms with van der Waals surface area (Å²) in [7, 11) is 0. The molecule has 31 heavy (non-hydrogen) atoms. The van der Waals surface area contributed by atoms with Crippen molar-refractivity contribution in [3.8, 4) is 0 Å². The van der Waals surface area contributed by atoms with Crippen LogP contribution in [-0.2, 0) is 20.7 Å². The number of rotatable bonds is 9. The van der Waals surface area contributed by atoms with Crippen LogP contribution in [0.15, 0.2) is 42.5 Å². The summed E-state index contributed by atoms with van der Waals surface area (Å²) < 4.78 is 5.37. The Morgan fingerprint density at radius 3 is 2.74 bits per heavy atom. The zero-order chi connectivity index (χ0) is 21.5. The molecule has 2 aliphatic heterocycles. The predicted molar refractivity (Wildman–Crippen MR) is 122 cm³/mol. The molecule has 2 aromatic rings. The van der Waals surface area contributed by atoms with Crippen LogP contribution < -0.4 is 10.6 Å². The summed E-state index contributed by atoms with van der Waals surface area (Å²) in [6, 6.07) is 14.7. The topological polar surface area (TPSA) is 70.7 Å². The lowest BCUT2D eigenvalue weighted by molar-refractivity contribution is -0.122. The highest BCUT2D eigenvalue weighted by molar-refractivity contribution is 5.86. The van der Waals surface area contributed by atoms with E-state index in [1.165, 1.54) is 16.3 Å². The summed E-state index contributed by atoms with van der Waals surface area (Å²) in [4.78, 5) is 27.0. The molecular weight excluding hydrogens is 390 g/mol. The quantitative estimate of drug-likeness (QED) is 0.609. The average Bonchev–Trinajstić information content (AvgIpc) is 3.17. The average molecular weight is 424 g/mol. The highest BCUT2D eigenvalue weighted by Crippen LogP contribution is 2.32. The number of morpholine rings is 1. The van der Waals surface area contributed by atoms with Gasteiger partial charge in [0.1, 0.15) is 0 Å². The van der Waals surface area contributed by atoms with Crippen molar-refractivity contribution in [1.29, 1.82) is 0 Å². The van der Waals surface area contributed by atoms with Crippen molar-refractivity contribution in [3.05, 3.63) is 48.0 Å². The number of carbonyl (C=O) groups excluding carboxylic acids is 2. The van der Waals surface area contributed by atoms with Crippen molar-refractivity contribution >= 4 is 22.6 Å². The van der Waals surface area contributed by atoms with Crippen molar-refractivity contribution in [3.63, 3.8) is 0 Å². The van der Waals surface area contributed by atoms with Crippen molar-refractivity contribution in [1.82, 2.24) is 15.5 Å². The van der Waals surface area contributed by atoms with Gasteiger partial charge in [-0.15, -0.1) is 0 Å². The lowest BCUT2D eigenvalue weighted by Crippen LogP contribution is -2.44. The van der Waals surface area contributed by atoms with Crippen molar-refractivity contribution in [2.24, 2.45) is 0 Å². The van der Waals surface area contributed by atoms with E-state index in [-0.39, 0.29) is 17.4 Å². The minimum atomic E-state index is -0.341. The molecule has 0 radical (unpaired) electrons. The summed E-state index contributed by atoms with van der Waals surface area (Å²) >= 11 is 0. The first kappa shape index (κ1) is 21.8. The van der Waals surface area contributed by atoms with Crippen LogP contribution >= 0.6 is 0 Å². The van der Waals surface area contributed by atoms with E-state index in [0.717, 1.165) is 52.1 Å². The Balaban J connectivity index is 1.30. The number of nitrogens with one attached hydrogen (secondary N) is 2. The fourth-order valence-corrected chi connectivity index (χ4v) is 4.79. The third-order valence-electron chi connectivity index (χ3n) is 6.55. The summed E-state index contributed by atoms with van der Waals surface area (Å²) in [6.07, 6.45) is 4.11. The highest BCUT2D eigenvalue weighted by Gasteiger charge is 2.38. The van der Waals surface area contributed by atoms with Gasteiger partial charge < -0.3 is 15.4 Å². The van der Waals surface area contributed by atoms with E-state index in [1.54, 1.807) is 0 Å². The molecule has 2 aliphatic rings. The molecule has 2 aromatic carbocycles. The highest BCUT2D eigenvalue weighted by atomic mass is 16.5. The number of benzene rings is 2. The molecular formula is C25H33N3O3. The van der Waals surface area contributed by atoms with E-state index in [9.17, 15) is 9.59 Å². The lowest BCUT2D eigenvalue weighted by Gasteiger charge is -2.30. The van der Waals surface area contributed by atoms with Crippen LogP contribution in [0.4, 0.5) is 0 Å². The smallest absolute Gasteiger partial charge is 0.220 e. The number of hydrogen-bond acceptors (Lipinski definition) is 4. The largest absolute Gasteiger partial charge is 0.379 e. The summed E-state index contributed by atoms with van der Waals surface area (Å²) in [5, 5.41) is 8.69. The minimum Gasteiger partial charge on any atom is -0.379 e. The Morgan fingerprint density at radius 2 is 1.94 bits per heavy atom. The number of ether oxygens (including phenoxy) is 1. The molecule has 2 N–H and O–H groups in total. The summed E-state index contributed by atoms with van der Waals surface area (Å²) in [6.45, 7) is 5.24. The molecule has 4 rings (SSSR count). The van der Waals surface area contributed by atoms with Gasteiger partial charge in [-0.05, 0) is 48.6 Å². The van der Waals surface area contributed by atoms with Crippen LogP contribution in [0.2, 0.25) is 0 Å². The Labute approximate surface area is 184 Å². The maximum absolute atomic E-state index is 12.5. The van der Waals surface area contributed by atoms with Gasteiger partial charge in [0.15, 0.2) is 0 Å². The molecule has 0 unspecified atom stereocenters. The molecule has 2 saturated heterocycles. The zero-order valence-corrected chi connectivity index (χ0v) is 18.2. The molecule has 0 spiro atoms. The number of nitrogens with zero attached hydrogens (tertiary/aromatic N) is 1. The van der Waals surface area contributed by atoms with Gasteiger partial charge in [0, 0.05) is 38.0 Å². The van der Waals surface area contributed by atoms with Crippen LogP contribution in [-0.4, -0.2) is 61.6 Å². The van der Waals surface area contributed by atoms with E-state index in [0.29, 0.717) is 25.8 Å². The van der Waals surface area contributed by atoms with Crippen LogP contribution in [0.25, 0.3) is 10.8 Å². The Kier molecular flexibility index (Phi) is 7.20. The third-order valence-corrected chi connectivity index (χ3v) is 6.55. The molecule has 0 bridgehead atoms. The Morgan fingerprint density at radius 1 is 1.13 bits per heavy atom. The predicted octanol–water partition coefficient (Wildman–Crippen LogP) is 2.65. The molecule has 0 saturated carbocycles. The maximum Gasteiger partial charge on any atom is 0.220 e. The second-order valence-electron chi connectivity index (χ2n) is 8.80. The van der Waals surface area contributed by atoms with E-state index < -0.39 is 0 Å². The van der Waals surface area contributed by atoms with Crippen LogP contribution in [0.1, 0.15) is 37.7 Å². The number of fused-ring (bicyclic) bond motifs is 1. The first-order valence-corrected chi connectivity index (χ1v) is 11.5. The van der Waals surface area contributed by atoms with Gasteiger partial charge in [0.05, 0.1) is 13.2 Å². The molecule has 0 aromatic heterocycles. The van der Waals surface area contributed by atoms with E-state index in [1.807, 2.05) is 6.07 Å². The zero-order valence-electron chi connectivity index (χ0n) is 18.2. The summed E-state index contributed by atoms with van der Waals surface area (Å²) in [5.74, 6) is 0.159. The maximum atomic E-state index is 12.5. The van der Waals surface area contributed by atoms with Crippen LogP contribution in [0.3, 0.4) is 0 Å². The van der Waals surface area contributed by atoms with Crippen molar-refractivity contribution in [2.75, 3.05) is 39.4 Å². The van der Waals surface area contributed by atoms with Crippen LogP contribution in [0, 0.1) is 0 Å². The normalized spacial score (nSPS) is 21.9. The van der Waals surface area contributed by atoms with Gasteiger partial charge >= 0.3 is 0 Å².